The third kappa shape index (κ3) is 5.76. The number of methoxy groups -OCH3 is 1. The minimum atomic E-state index is -3.81. The number of halogens is 1. The Morgan fingerprint density at radius 3 is 2.24 bits per heavy atom. The van der Waals surface area contributed by atoms with Crippen LogP contribution < -0.4 is 9.47 Å². The van der Waals surface area contributed by atoms with Gasteiger partial charge in [0.05, 0.1) is 24.8 Å². The van der Waals surface area contributed by atoms with Gasteiger partial charge >= 0.3 is 0 Å². The number of hydrogen-bond acceptors (Lipinski definition) is 5. The summed E-state index contributed by atoms with van der Waals surface area (Å²) in [6.45, 7) is 0.219. The molecular weight excluding hydrogens is 462 g/mol. The van der Waals surface area contributed by atoms with Crippen molar-refractivity contribution in [1.29, 1.82) is 0 Å². The highest BCUT2D eigenvalue weighted by Crippen LogP contribution is 2.27. The van der Waals surface area contributed by atoms with E-state index in [1.165, 1.54) is 29.8 Å². The molecule has 0 aliphatic carbocycles. The molecule has 0 bridgehead atoms. The number of hydrogen-bond donors (Lipinski definition) is 0. The molecule has 8 heteroatoms. The first-order chi connectivity index (χ1) is 15.9. The zero-order chi connectivity index (χ0) is 23.3. The SMILES string of the molecule is COc1ccc(S(=O)(=O)N(Cc2cccc(Oc3ccc(Cl)cc3)c2)Cc2ccco2)cc1. The summed E-state index contributed by atoms with van der Waals surface area (Å²) in [5, 5.41) is 0.619. The van der Waals surface area contributed by atoms with Gasteiger partial charge in [-0.05, 0) is 78.4 Å². The van der Waals surface area contributed by atoms with Gasteiger partial charge in [-0.3, -0.25) is 0 Å². The number of furan rings is 1. The van der Waals surface area contributed by atoms with Crippen LogP contribution >= 0.6 is 11.6 Å². The van der Waals surface area contributed by atoms with E-state index in [9.17, 15) is 8.42 Å². The average Bonchev–Trinajstić information content (AvgIpc) is 3.34. The van der Waals surface area contributed by atoms with E-state index in [-0.39, 0.29) is 18.0 Å². The van der Waals surface area contributed by atoms with E-state index in [1.807, 2.05) is 24.3 Å². The van der Waals surface area contributed by atoms with E-state index in [1.54, 1.807) is 48.5 Å². The molecule has 0 aliphatic rings. The van der Waals surface area contributed by atoms with Gasteiger partial charge in [-0.25, -0.2) is 8.42 Å². The van der Waals surface area contributed by atoms with Gasteiger partial charge in [0.2, 0.25) is 10.0 Å². The molecule has 4 aromatic rings. The second kappa shape index (κ2) is 10.1. The molecule has 0 radical (unpaired) electrons. The molecule has 4 rings (SSSR count). The van der Waals surface area contributed by atoms with Crippen LogP contribution in [0.25, 0.3) is 0 Å². The minimum absolute atomic E-state index is 0.0869. The molecule has 0 fully saturated rings. The Bertz CT molecular complexity index is 1290. The maximum atomic E-state index is 13.5. The quantitative estimate of drug-likeness (QED) is 0.286. The monoisotopic (exact) mass is 483 g/mol. The highest BCUT2D eigenvalue weighted by molar-refractivity contribution is 7.89. The fourth-order valence-corrected chi connectivity index (χ4v) is 4.77. The Kier molecular flexibility index (Phi) is 7.03. The summed E-state index contributed by atoms with van der Waals surface area (Å²) in [5.41, 5.74) is 0.769. The molecule has 0 spiro atoms. The molecule has 3 aromatic carbocycles. The summed E-state index contributed by atoms with van der Waals surface area (Å²) in [5.74, 6) is 2.35. The summed E-state index contributed by atoms with van der Waals surface area (Å²) >= 11 is 5.93. The zero-order valence-electron chi connectivity index (χ0n) is 17.8. The van der Waals surface area contributed by atoms with Crippen LogP contribution in [0.1, 0.15) is 11.3 Å². The molecule has 33 heavy (non-hydrogen) atoms. The molecule has 0 atom stereocenters. The number of sulfonamides is 1. The van der Waals surface area contributed by atoms with Gasteiger partial charge in [0.1, 0.15) is 23.0 Å². The Labute approximate surface area is 198 Å². The van der Waals surface area contributed by atoms with E-state index in [0.29, 0.717) is 28.0 Å². The lowest BCUT2D eigenvalue weighted by Crippen LogP contribution is -2.30. The topological polar surface area (TPSA) is 69.0 Å². The number of rotatable bonds is 9. The van der Waals surface area contributed by atoms with Crippen LogP contribution in [0.15, 0.2) is 101 Å². The van der Waals surface area contributed by atoms with Crippen LogP contribution in [-0.2, 0) is 23.1 Å². The van der Waals surface area contributed by atoms with Gasteiger partial charge in [0.15, 0.2) is 0 Å². The van der Waals surface area contributed by atoms with Gasteiger partial charge < -0.3 is 13.9 Å². The molecule has 1 heterocycles. The van der Waals surface area contributed by atoms with Gasteiger partial charge in [-0.2, -0.15) is 4.31 Å². The number of ether oxygens (including phenoxy) is 2. The predicted molar refractivity (Wildman–Crippen MR) is 126 cm³/mol. The van der Waals surface area contributed by atoms with Crippen molar-refractivity contribution in [2.75, 3.05) is 7.11 Å². The van der Waals surface area contributed by atoms with Gasteiger partial charge in [-0.15, -0.1) is 0 Å². The van der Waals surface area contributed by atoms with Crippen LogP contribution in [0.2, 0.25) is 5.02 Å². The first-order valence-electron chi connectivity index (χ1n) is 10.1. The van der Waals surface area contributed by atoms with Crippen LogP contribution in [0.5, 0.6) is 17.2 Å². The highest BCUT2D eigenvalue weighted by atomic mass is 35.5. The molecule has 0 aliphatic heterocycles. The lowest BCUT2D eigenvalue weighted by atomic mass is 10.2. The maximum absolute atomic E-state index is 13.5. The maximum Gasteiger partial charge on any atom is 0.243 e. The van der Waals surface area contributed by atoms with Crippen molar-refractivity contribution in [3.05, 3.63) is 108 Å². The zero-order valence-corrected chi connectivity index (χ0v) is 19.4. The lowest BCUT2D eigenvalue weighted by Gasteiger charge is -2.22. The summed E-state index contributed by atoms with van der Waals surface area (Å²) in [6.07, 6.45) is 1.52. The van der Waals surface area contributed by atoms with Crippen LogP contribution in [0.3, 0.4) is 0 Å². The Morgan fingerprint density at radius 2 is 1.58 bits per heavy atom. The standard InChI is InChI=1S/C25H22ClNO5S/c1-30-21-11-13-25(14-12-21)33(28,29)27(18-24-6-3-15-31-24)17-19-4-2-5-23(16-19)32-22-9-7-20(26)8-10-22/h2-16H,17-18H2,1H3. The van der Waals surface area contributed by atoms with Crippen molar-refractivity contribution in [1.82, 2.24) is 4.31 Å². The van der Waals surface area contributed by atoms with Crippen LogP contribution in [-0.4, -0.2) is 19.8 Å². The molecule has 0 saturated carbocycles. The fraction of sp³-hybridized carbons (Fsp3) is 0.120. The van der Waals surface area contributed by atoms with Crippen LogP contribution in [0, 0.1) is 0 Å². The molecule has 0 amide bonds. The Balaban J connectivity index is 1.60. The van der Waals surface area contributed by atoms with E-state index in [2.05, 4.69) is 0 Å². The molecular formula is C25H22ClNO5S. The van der Waals surface area contributed by atoms with Crippen molar-refractivity contribution in [3.8, 4) is 17.2 Å². The van der Waals surface area contributed by atoms with Gasteiger partial charge in [-0.1, -0.05) is 23.7 Å². The highest BCUT2D eigenvalue weighted by Gasteiger charge is 2.26. The first-order valence-corrected chi connectivity index (χ1v) is 11.9. The smallest absolute Gasteiger partial charge is 0.243 e. The second-order valence-corrected chi connectivity index (χ2v) is 9.61. The molecule has 1 aromatic heterocycles. The third-order valence-corrected chi connectivity index (χ3v) is 6.97. The first kappa shape index (κ1) is 22.9. The van der Waals surface area contributed by atoms with E-state index >= 15 is 0 Å². The fourth-order valence-electron chi connectivity index (χ4n) is 3.25. The summed E-state index contributed by atoms with van der Waals surface area (Å²) in [4.78, 5) is 0.170. The normalized spacial score (nSPS) is 11.5. The van der Waals surface area contributed by atoms with E-state index < -0.39 is 10.0 Å². The van der Waals surface area contributed by atoms with E-state index in [0.717, 1.165) is 5.56 Å². The third-order valence-electron chi connectivity index (χ3n) is 4.92. The van der Waals surface area contributed by atoms with E-state index in [4.69, 9.17) is 25.5 Å². The summed E-state index contributed by atoms with van der Waals surface area (Å²) in [6, 6.07) is 24.1. The molecule has 0 saturated heterocycles. The number of nitrogens with zero attached hydrogens (tertiary/aromatic N) is 1. The van der Waals surface area contributed by atoms with Crippen LogP contribution in [0.4, 0.5) is 0 Å². The molecule has 170 valence electrons. The minimum Gasteiger partial charge on any atom is -0.497 e. The van der Waals surface area contributed by atoms with Gasteiger partial charge in [0.25, 0.3) is 0 Å². The number of benzene rings is 3. The largest absolute Gasteiger partial charge is 0.497 e. The summed E-state index contributed by atoms with van der Waals surface area (Å²) < 4.78 is 44.8. The lowest BCUT2D eigenvalue weighted by molar-refractivity contribution is 0.358. The van der Waals surface area contributed by atoms with Gasteiger partial charge in [0, 0.05) is 11.6 Å². The van der Waals surface area contributed by atoms with Crippen molar-refractivity contribution in [2.24, 2.45) is 0 Å². The molecule has 6 nitrogen and oxygen atoms in total. The average molecular weight is 484 g/mol. The Hall–Kier alpha value is -3.26. The van der Waals surface area contributed by atoms with Crippen molar-refractivity contribution in [3.63, 3.8) is 0 Å². The molecule has 0 N–H and O–H groups in total. The Morgan fingerprint density at radius 1 is 0.848 bits per heavy atom. The van der Waals surface area contributed by atoms with Crippen molar-refractivity contribution in [2.45, 2.75) is 18.0 Å². The molecule has 0 unspecified atom stereocenters. The second-order valence-electron chi connectivity index (χ2n) is 7.23. The van der Waals surface area contributed by atoms with Crippen molar-refractivity contribution < 1.29 is 22.3 Å². The predicted octanol–water partition coefficient (Wildman–Crippen LogP) is 6.13. The summed E-state index contributed by atoms with van der Waals surface area (Å²) in [7, 11) is -2.28. The van der Waals surface area contributed by atoms with Crippen molar-refractivity contribution >= 4 is 21.6 Å².